The lowest BCUT2D eigenvalue weighted by Gasteiger charge is -2.30. The Morgan fingerprint density at radius 2 is 1.95 bits per heavy atom. The molecule has 0 saturated carbocycles. The fourth-order valence-corrected chi connectivity index (χ4v) is 2.14. The molecule has 4 nitrogen and oxygen atoms in total. The van der Waals surface area contributed by atoms with Gasteiger partial charge in [-0.05, 0) is 39.2 Å². The topological polar surface area (TPSA) is 66.6 Å². The number of hydrogen-bond donors (Lipinski definition) is 2. The van der Waals surface area contributed by atoms with Crippen LogP contribution in [-0.2, 0) is 11.2 Å². The number of carbonyl (C=O) groups excluding carboxylic acids is 1. The molecule has 0 fully saturated rings. The minimum absolute atomic E-state index is 0.0921. The molecule has 0 aliphatic rings. The van der Waals surface area contributed by atoms with Crippen molar-refractivity contribution < 1.29 is 9.90 Å². The highest BCUT2D eigenvalue weighted by molar-refractivity contribution is 5.81. The third kappa shape index (κ3) is 5.72. The number of likely N-dealkylation sites (N-methyl/N-ethyl adjacent to an activating group) is 1. The quantitative estimate of drug-likeness (QED) is 0.795. The van der Waals surface area contributed by atoms with E-state index in [9.17, 15) is 9.90 Å². The van der Waals surface area contributed by atoms with E-state index in [4.69, 9.17) is 5.73 Å². The van der Waals surface area contributed by atoms with Gasteiger partial charge in [0.1, 0.15) is 0 Å². The molecule has 1 unspecified atom stereocenters. The van der Waals surface area contributed by atoms with Gasteiger partial charge in [-0.1, -0.05) is 30.3 Å². The summed E-state index contributed by atoms with van der Waals surface area (Å²) in [4.78, 5) is 13.9. The van der Waals surface area contributed by atoms with Crippen molar-refractivity contribution in [3.8, 4) is 0 Å². The molecule has 0 heterocycles. The number of aliphatic hydroxyl groups is 1. The third-order valence-electron chi connectivity index (χ3n) is 3.18. The van der Waals surface area contributed by atoms with Gasteiger partial charge in [0.2, 0.25) is 5.91 Å². The zero-order valence-corrected chi connectivity index (χ0v) is 12.7. The molecule has 1 rings (SSSR count). The second kappa shape index (κ2) is 7.41. The van der Waals surface area contributed by atoms with Gasteiger partial charge in [-0.15, -0.1) is 0 Å². The van der Waals surface area contributed by atoms with Gasteiger partial charge in [0.25, 0.3) is 0 Å². The van der Waals surface area contributed by atoms with Crippen molar-refractivity contribution in [3.05, 3.63) is 35.9 Å². The Balaban J connectivity index is 2.52. The smallest absolute Gasteiger partial charge is 0.239 e. The summed E-state index contributed by atoms with van der Waals surface area (Å²) in [5, 5.41) is 9.82. The van der Waals surface area contributed by atoms with Crippen molar-refractivity contribution in [2.24, 2.45) is 5.73 Å². The largest absolute Gasteiger partial charge is 0.389 e. The van der Waals surface area contributed by atoms with Crippen molar-refractivity contribution in [2.45, 2.75) is 45.3 Å². The SMILES string of the molecule is CCN(CC(C)(C)O)C(=O)C(N)CCc1ccccc1. The van der Waals surface area contributed by atoms with E-state index in [-0.39, 0.29) is 5.91 Å². The Morgan fingerprint density at radius 1 is 1.35 bits per heavy atom. The monoisotopic (exact) mass is 278 g/mol. The molecule has 0 radical (unpaired) electrons. The van der Waals surface area contributed by atoms with E-state index in [1.54, 1.807) is 18.7 Å². The summed E-state index contributed by atoms with van der Waals surface area (Å²) in [6.45, 7) is 6.15. The Kier molecular flexibility index (Phi) is 6.17. The molecule has 4 heteroatoms. The van der Waals surface area contributed by atoms with E-state index in [2.05, 4.69) is 0 Å². The minimum Gasteiger partial charge on any atom is -0.389 e. The van der Waals surface area contributed by atoms with Crippen LogP contribution in [0, 0.1) is 0 Å². The molecule has 0 aliphatic heterocycles. The van der Waals surface area contributed by atoms with E-state index in [0.29, 0.717) is 19.5 Å². The van der Waals surface area contributed by atoms with Gasteiger partial charge in [-0.3, -0.25) is 4.79 Å². The summed E-state index contributed by atoms with van der Waals surface area (Å²) in [5.41, 5.74) is 6.27. The molecular formula is C16H26N2O2. The van der Waals surface area contributed by atoms with Crippen LogP contribution in [0.1, 0.15) is 32.8 Å². The average Bonchev–Trinajstić information content (AvgIpc) is 2.41. The van der Waals surface area contributed by atoms with Gasteiger partial charge in [-0.2, -0.15) is 0 Å². The van der Waals surface area contributed by atoms with E-state index in [0.717, 1.165) is 6.42 Å². The first-order valence-electron chi connectivity index (χ1n) is 7.14. The molecule has 1 aromatic rings. The highest BCUT2D eigenvalue weighted by Gasteiger charge is 2.24. The van der Waals surface area contributed by atoms with Gasteiger partial charge in [0.05, 0.1) is 11.6 Å². The zero-order chi connectivity index (χ0) is 15.2. The van der Waals surface area contributed by atoms with E-state index in [1.165, 1.54) is 5.56 Å². The van der Waals surface area contributed by atoms with Gasteiger partial charge in [-0.25, -0.2) is 0 Å². The fourth-order valence-electron chi connectivity index (χ4n) is 2.14. The number of rotatable bonds is 7. The van der Waals surface area contributed by atoms with Crippen LogP contribution in [0.5, 0.6) is 0 Å². The molecule has 1 amide bonds. The standard InChI is InChI=1S/C16H26N2O2/c1-4-18(12-16(2,3)20)15(19)14(17)11-10-13-8-6-5-7-9-13/h5-9,14,20H,4,10-12,17H2,1-3H3. The van der Waals surface area contributed by atoms with Crippen LogP contribution in [0.2, 0.25) is 0 Å². The highest BCUT2D eigenvalue weighted by Crippen LogP contribution is 2.09. The summed E-state index contributed by atoms with van der Waals surface area (Å²) < 4.78 is 0. The number of nitrogens with two attached hydrogens (primary N) is 1. The molecule has 0 saturated heterocycles. The van der Waals surface area contributed by atoms with Crippen LogP contribution in [0.15, 0.2) is 30.3 Å². The molecule has 0 spiro atoms. The number of nitrogens with zero attached hydrogens (tertiary/aromatic N) is 1. The number of carbonyl (C=O) groups is 1. The molecule has 0 aliphatic carbocycles. The summed E-state index contributed by atoms with van der Waals surface area (Å²) in [5.74, 6) is -0.0921. The lowest BCUT2D eigenvalue weighted by Crippen LogP contribution is -2.49. The number of benzene rings is 1. The van der Waals surface area contributed by atoms with Crippen LogP contribution in [0.3, 0.4) is 0 Å². The molecule has 1 aromatic carbocycles. The molecule has 0 bridgehead atoms. The van der Waals surface area contributed by atoms with Gasteiger partial charge < -0.3 is 15.7 Å². The lowest BCUT2D eigenvalue weighted by atomic mass is 10.0. The Morgan fingerprint density at radius 3 is 2.45 bits per heavy atom. The predicted octanol–water partition coefficient (Wildman–Crippen LogP) is 1.57. The van der Waals surface area contributed by atoms with Crippen molar-refractivity contribution in [2.75, 3.05) is 13.1 Å². The molecule has 3 N–H and O–H groups in total. The van der Waals surface area contributed by atoms with Crippen LogP contribution in [0.25, 0.3) is 0 Å². The van der Waals surface area contributed by atoms with Gasteiger partial charge in [0, 0.05) is 13.1 Å². The van der Waals surface area contributed by atoms with Gasteiger partial charge >= 0.3 is 0 Å². The summed E-state index contributed by atoms with van der Waals surface area (Å²) >= 11 is 0. The fraction of sp³-hybridized carbons (Fsp3) is 0.562. The third-order valence-corrected chi connectivity index (χ3v) is 3.18. The van der Waals surface area contributed by atoms with Gasteiger partial charge in [0.15, 0.2) is 0 Å². The van der Waals surface area contributed by atoms with Crippen LogP contribution in [0.4, 0.5) is 0 Å². The van der Waals surface area contributed by atoms with Crippen molar-refractivity contribution >= 4 is 5.91 Å². The maximum Gasteiger partial charge on any atom is 0.239 e. The van der Waals surface area contributed by atoms with Crippen LogP contribution in [-0.4, -0.2) is 40.6 Å². The first kappa shape index (κ1) is 16.7. The van der Waals surface area contributed by atoms with Crippen molar-refractivity contribution in [1.29, 1.82) is 0 Å². The molecular weight excluding hydrogens is 252 g/mol. The lowest BCUT2D eigenvalue weighted by molar-refractivity contribution is -0.135. The zero-order valence-electron chi connectivity index (χ0n) is 12.7. The maximum atomic E-state index is 12.3. The molecule has 20 heavy (non-hydrogen) atoms. The van der Waals surface area contributed by atoms with E-state index in [1.807, 2.05) is 37.3 Å². The first-order valence-corrected chi connectivity index (χ1v) is 7.14. The summed E-state index contributed by atoms with van der Waals surface area (Å²) in [6.07, 6.45) is 1.40. The normalized spacial score (nSPS) is 13.1. The maximum absolute atomic E-state index is 12.3. The van der Waals surface area contributed by atoms with E-state index >= 15 is 0 Å². The Hall–Kier alpha value is -1.39. The predicted molar refractivity (Wildman–Crippen MR) is 81.3 cm³/mol. The second-order valence-corrected chi connectivity index (χ2v) is 5.80. The minimum atomic E-state index is -0.898. The number of aryl methyl sites for hydroxylation is 1. The second-order valence-electron chi connectivity index (χ2n) is 5.80. The van der Waals surface area contributed by atoms with E-state index < -0.39 is 11.6 Å². The number of hydrogen-bond acceptors (Lipinski definition) is 3. The van der Waals surface area contributed by atoms with Crippen molar-refractivity contribution in [3.63, 3.8) is 0 Å². The number of amides is 1. The Bertz CT molecular complexity index is 412. The summed E-state index contributed by atoms with van der Waals surface area (Å²) in [7, 11) is 0. The first-order chi connectivity index (χ1) is 9.33. The van der Waals surface area contributed by atoms with Crippen molar-refractivity contribution in [1.82, 2.24) is 4.90 Å². The Labute approximate surface area is 121 Å². The summed E-state index contributed by atoms with van der Waals surface area (Å²) in [6, 6.07) is 9.48. The average molecular weight is 278 g/mol. The molecule has 0 aromatic heterocycles. The van der Waals surface area contributed by atoms with Crippen LogP contribution >= 0.6 is 0 Å². The highest BCUT2D eigenvalue weighted by atomic mass is 16.3. The van der Waals surface area contributed by atoms with Crippen LogP contribution < -0.4 is 5.73 Å². The molecule has 1 atom stereocenters. The molecule has 112 valence electrons.